The summed E-state index contributed by atoms with van der Waals surface area (Å²) in [6.07, 6.45) is 1.22. The molecule has 30 heavy (non-hydrogen) atoms. The van der Waals surface area contributed by atoms with Gasteiger partial charge in [0.05, 0.1) is 37.2 Å². The summed E-state index contributed by atoms with van der Waals surface area (Å²) in [5.74, 6) is 0.128. The van der Waals surface area contributed by atoms with Gasteiger partial charge in [0.2, 0.25) is 5.91 Å². The molecule has 0 radical (unpaired) electrons. The maximum atomic E-state index is 12.5. The number of anilines is 1. The second kappa shape index (κ2) is 10.4. The van der Waals surface area contributed by atoms with E-state index in [2.05, 4.69) is 10.6 Å². The Balaban J connectivity index is 1.51. The molecule has 0 aliphatic carbocycles. The maximum absolute atomic E-state index is 12.5. The zero-order valence-electron chi connectivity index (χ0n) is 16.9. The number of nitrogens with zero attached hydrogens (tertiary/aromatic N) is 2. The molecule has 1 saturated heterocycles. The average molecular weight is 414 g/mol. The number of carbonyl (C=O) groups is 3. The number of para-hydroxylation sites is 1. The van der Waals surface area contributed by atoms with Crippen molar-refractivity contribution in [1.82, 2.24) is 15.1 Å². The summed E-state index contributed by atoms with van der Waals surface area (Å²) in [7, 11) is 0. The molecule has 1 aliphatic heterocycles. The molecule has 0 atom stereocenters. The van der Waals surface area contributed by atoms with Gasteiger partial charge in [-0.2, -0.15) is 0 Å². The van der Waals surface area contributed by atoms with Gasteiger partial charge in [-0.3, -0.25) is 14.5 Å². The van der Waals surface area contributed by atoms with Gasteiger partial charge in [-0.25, -0.2) is 4.79 Å². The van der Waals surface area contributed by atoms with Crippen molar-refractivity contribution in [2.75, 3.05) is 44.6 Å². The molecule has 1 aliphatic rings. The minimum atomic E-state index is -0.323. The van der Waals surface area contributed by atoms with Crippen LogP contribution in [0, 0.1) is 0 Å². The lowest BCUT2D eigenvalue weighted by Gasteiger charge is -2.33. The van der Waals surface area contributed by atoms with Crippen LogP contribution in [0.3, 0.4) is 0 Å². The topological polar surface area (TPSA) is 104 Å². The fourth-order valence-corrected chi connectivity index (χ4v) is 3.16. The van der Waals surface area contributed by atoms with Crippen LogP contribution in [0.4, 0.5) is 10.5 Å². The number of hydrogen-bond donors (Lipinski definition) is 2. The summed E-state index contributed by atoms with van der Waals surface area (Å²) in [6.45, 7) is 4.74. The summed E-state index contributed by atoms with van der Waals surface area (Å²) in [5, 5.41) is 5.59. The van der Waals surface area contributed by atoms with Gasteiger partial charge < -0.3 is 24.7 Å². The summed E-state index contributed by atoms with van der Waals surface area (Å²) in [4.78, 5) is 40.4. The first-order valence-corrected chi connectivity index (χ1v) is 9.90. The lowest BCUT2D eigenvalue weighted by atomic mass is 10.1. The first-order chi connectivity index (χ1) is 14.6. The highest BCUT2D eigenvalue weighted by Crippen LogP contribution is 2.15. The van der Waals surface area contributed by atoms with Crippen LogP contribution in [0.2, 0.25) is 0 Å². The van der Waals surface area contributed by atoms with Crippen LogP contribution in [0.5, 0.6) is 0 Å². The zero-order valence-corrected chi connectivity index (χ0v) is 16.9. The average Bonchev–Trinajstić information content (AvgIpc) is 3.27. The number of benzene rings is 1. The van der Waals surface area contributed by atoms with Gasteiger partial charge >= 0.3 is 6.09 Å². The highest BCUT2D eigenvalue weighted by molar-refractivity contribution is 6.04. The fraction of sp³-hybridized carbons (Fsp3) is 0.381. The molecule has 2 N–H and O–H groups in total. The van der Waals surface area contributed by atoms with Crippen molar-refractivity contribution in [3.8, 4) is 0 Å². The van der Waals surface area contributed by atoms with Gasteiger partial charge in [0.1, 0.15) is 5.76 Å². The molecule has 0 bridgehead atoms. The molecule has 1 aromatic carbocycles. The number of hydrogen-bond acceptors (Lipinski definition) is 6. The van der Waals surface area contributed by atoms with Crippen molar-refractivity contribution >= 4 is 23.6 Å². The van der Waals surface area contributed by atoms with Crippen LogP contribution < -0.4 is 10.6 Å². The second-order valence-electron chi connectivity index (χ2n) is 6.82. The van der Waals surface area contributed by atoms with Crippen molar-refractivity contribution in [2.45, 2.75) is 13.5 Å². The first kappa shape index (κ1) is 21.4. The van der Waals surface area contributed by atoms with Gasteiger partial charge in [0, 0.05) is 26.2 Å². The summed E-state index contributed by atoms with van der Waals surface area (Å²) in [6, 6.07) is 10.4. The smallest absolute Gasteiger partial charge is 0.409 e. The fourth-order valence-electron chi connectivity index (χ4n) is 3.16. The number of amides is 3. The van der Waals surface area contributed by atoms with E-state index in [0.717, 1.165) is 0 Å². The Labute approximate surface area is 175 Å². The molecule has 9 nitrogen and oxygen atoms in total. The molecule has 0 spiro atoms. The van der Waals surface area contributed by atoms with Crippen LogP contribution in [0.15, 0.2) is 47.1 Å². The second-order valence-corrected chi connectivity index (χ2v) is 6.82. The number of nitrogens with one attached hydrogen (secondary N) is 2. The van der Waals surface area contributed by atoms with Crippen molar-refractivity contribution in [3.63, 3.8) is 0 Å². The van der Waals surface area contributed by atoms with Crippen molar-refractivity contribution in [3.05, 3.63) is 54.0 Å². The number of ether oxygens (including phenoxy) is 1. The molecular weight excluding hydrogens is 388 g/mol. The molecule has 2 heterocycles. The predicted octanol–water partition coefficient (Wildman–Crippen LogP) is 1.92. The molecule has 1 fully saturated rings. The Bertz CT molecular complexity index is 860. The molecule has 1 aromatic heterocycles. The normalized spacial score (nSPS) is 14.2. The lowest BCUT2D eigenvalue weighted by molar-refractivity contribution is -0.117. The zero-order chi connectivity index (χ0) is 21.3. The number of piperazine rings is 1. The van der Waals surface area contributed by atoms with Gasteiger partial charge in [-0.05, 0) is 31.2 Å². The minimum Gasteiger partial charge on any atom is -0.467 e. The van der Waals surface area contributed by atoms with E-state index >= 15 is 0 Å². The molecule has 160 valence electrons. The van der Waals surface area contributed by atoms with E-state index in [1.807, 2.05) is 4.90 Å². The van der Waals surface area contributed by atoms with Gasteiger partial charge in [0.25, 0.3) is 5.91 Å². The molecule has 0 unspecified atom stereocenters. The van der Waals surface area contributed by atoms with E-state index in [0.29, 0.717) is 49.8 Å². The van der Waals surface area contributed by atoms with Crippen molar-refractivity contribution < 1.29 is 23.5 Å². The molecule has 9 heteroatoms. The van der Waals surface area contributed by atoms with Crippen molar-refractivity contribution in [1.29, 1.82) is 0 Å². The minimum absolute atomic E-state index is 0.180. The quantitative estimate of drug-likeness (QED) is 0.717. The van der Waals surface area contributed by atoms with Crippen LogP contribution in [-0.4, -0.2) is 67.0 Å². The molecule has 3 amide bonds. The molecular formula is C21H26N4O5. The summed E-state index contributed by atoms with van der Waals surface area (Å²) in [5.41, 5.74) is 0.828. The molecule has 2 aromatic rings. The Hall–Kier alpha value is -3.33. The third-order valence-corrected chi connectivity index (χ3v) is 4.71. The number of rotatable bonds is 7. The standard InChI is InChI=1S/C21H26N4O5/c1-2-29-21(28)25-11-9-24(10-12-25)15-19(26)23-18-8-4-3-7-17(18)20(27)22-14-16-6-5-13-30-16/h3-8,13H,2,9-12,14-15H2,1H3,(H,22,27)(H,23,26). The van der Waals surface area contributed by atoms with Crippen LogP contribution >= 0.6 is 0 Å². The highest BCUT2D eigenvalue weighted by Gasteiger charge is 2.23. The Morgan fingerprint density at radius 1 is 1.07 bits per heavy atom. The highest BCUT2D eigenvalue weighted by atomic mass is 16.6. The monoisotopic (exact) mass is 414 g/mol. The number of furan rings is 1. The first-order valence-electron chi connectivity index (χ1n) is 9.90. The van der Waals surface area contributed by atoms with Gasteiger partial charge in [-0.1, -0.05) is 12.1 Å². The third kappa shape index (κ3) is 5.84. The SMILES string of the molecule is CCOC(=O)N1CCN(CC(=O)Nc2ccccc2C(=O)NCc2ccco2)CC1. The lowest BCUT2D eigenvalue weighted by Crippen LogP contribution is -2.50. The maximum Gasteiger partial charge on any atom is 0.409 e. The third-order valence-electron chi connectivity index (χ3n) is 4.71. The Kier molecular flexibility index (Phi) is 7.45. The summed E-state index contributed by atoms with van der Waals surface area (Å²) >= 11 is 0. The van der Waals surface area contributed by atoms with Crippen LogP contribution in [-0.2, 0) is 16.1 Å². The van der Waals surface area contributed by atoms with Crippen LogP contribution in [0.1, 0.15) is 23.0 Å². The van der Waals surface area contributed by atoms with E-state index in [1.165, 1.54) is 0 Å². The number of carbonyl (C=O) groups excluding carboxylic acids is 3. The van der Waals surface area contributed by atoms with E-state index in [4.69, 9.17) is 9.15 Å². The van der Waals surface area contributed by atoms with E-state index in [9.17, 15) is 14.4 Å². The molecule has 0 saturated carbocycles. The van der Waals surface area contributed by atoms with E-state index in [-0.39, 0.29) is 31.0 Å². The van der Waals surface area contributed by atoms with Gasteiger partial charge in [-0.15, -0.1) is 0 Å². The van der Waals surface area contributed by atoms with E-state index in [1.54, 1.807) is 54.5 Å². The Morgan fingerprint density at radius 2 is 1.83 bits per heavy atom. The van der Waals surface area contributed by atoms with E-state index < -0.39 is 0 Å². The largest absolute Gasteiger partial charge is 0.467 e. The Morgan fingerprint density at radius 3 is 2.53 bits per heavy atom. The summed E-state index contributed by atoms with van der Waals surface area (Å²) < 4.78 is 10.2. The van der Waals surface area contributed by atoms with Gasteiger partial charge in [0.15, 0.2) is 0 Å². The van der Waals surface area contributed by atoms with Crippen LogP contribution in [0.25, 0.3) is 0 Å². The molecule has 3 rings (SSSR count). The predicted molar refractivity (Wildman–Crippen MR) is 110 cm³/mol. The van der Waals surface area contributed by atoms with Crippen molar-refractivity contribution in [2.24, 2.45) is 0 Å².